The number of nitrogens with one attached hydrogen (secondary N) is 3. The standard InChI is InChI=1S/C24H20ClN5O3S/c1-15-5-7-18(8-6-15)28-24(34)30-20-10-9-19(12-21(20)33-14-22(30)31)27-23(32)29-26-13-16-3-2-4-17(25)11-16/h2-13H,14H2,1H3,(H,28,34)(H2,27,29,32)/b26-13+. The third-order valence-electron chi connectivity index (χ3n) is 4.79. The van der Waals surface area contributed by atoms with Gasteiger partial charge in [-0.3, -0.25) is 9.69 Å². The van der Waals surface area contributed by atoms with Crippen LogP contribution in [0.2, 0.25) is 5.02 Å². The van der Waals surface area contributed by atoms with Crippen molar-refractivity contribution in [1.82, 2.24) is 5.43 Å². The molecule has 0 bridgehead atoms. The van der Waals surface area contributed by atoms with Gasteiger partial charge in [0.1, 0.15) is 5.75 Å². The number of carbonyl (C=O) groups is 2. The Morgan fingerprint density at radius 3 is 2.62 bits per heavy atom. The first-order valence-electron chi connectivity index (χ1n) is 10.2. The lowest BCUT2D eigenvalue weighted by atomic mass is 10.2. The van der Waals surface area contributed by atoms with Crippen molar-refractivity contribution >= 4 is 64.1 Å². The van der Waals surface area contributed by atoms with E-state index in [0.29, 0.717) is 22.1 Å². The van der Waals surface area contributed by atoms with Crippen molar-refractivity contribution in [3.8, 4) is 5.75 Å². The van der Waals surface area contributed by atoms with E-state index in [1.54, 1.807) is 42.5 Å². The van der Waals surface area contributed by atoms with Crippen molar-refractivity contribution in [2.45, 2.75) is 6.92 Å². The van der Waals surface area contributed by atoms with E-state index in [9.17, 15) is 9.59 Å². The number of hydrazone groups is 1. The molecule has 1 aliphatic rings. The molecule has 10 heteroatoms. The molecule has 34 heavy (non-hydrogen) atoms. The maximum Gasteiger partial charge on any atom is 0.339 e. The molecular weight excluding hydrogens is 474 g/mol. The van der Waals surface area contributed by atoms with Crippen molar-refractivity contribution in [2.75, 3.05) is 22.1 Å². The minimum atomic E-state index is -0.543. The Hall–Kier alpha value is -3.95. The fourth-order valence-corrected chi connectivity index (χ4v) is 3.70. The summed E-state index contributed by atoms with van der Waals surface area (Å²) in [6.45, 7) is 1.81. The maximum atomic E-state index is 12.5. The van der Waals surface area contributed by atoms with Gasteiger partial charge in [-0.2, -0.15) is 5.10 Å². The highest BCUT2D eigenvalue weighted by molar-refractivity contribution is 7.80. The van der Waals surface area contributed by atoms with E-state index in [2.05, 4.69) is 21.2 Å². The number of aryl methyl sites for hydroxylation is 1. The molecule has 0 atom stereocenters. The van der Waals surface area contributed by atoms with Crippen LogP contribution in [0.5, 0.6) is 5.75 Å². The largest absolute Gasteiger partial charge is 0.481 e. The molecule has 0 unspecified atom stereocenters. The third kappa shape index (κ3) is 5.69. The van der Waals surface area contributed by atoms with Crippen molar-refractivity contribution in [2.24, 2.45) is 5.10 Å². The van der Waals surface area contributed by atoms with E-state index in [1.165, 1.54) is 11.1 Å². The number of hydrogen-bond donors (Lipinski definition) is 3. The van der Waals surface area contributed by atoms with E-state index < -0.39 is 6.03 Å². The van der Waals surface area contributed by atoms with Crippen LogP contribution in [0, 0.1) is 6.92 Å². The summed E-state index contributed by atoms with van der Waals surface area (Å²) in [7, 11) is 0. The molecule has 0 saturated carbocycles. The number of thiocarbonyl (C=S) groups is 1. The van der Waals surface area contributed by atoms with Gasteiger partial charge in [0.15, 0.2) is 11.7 Å². The molecule has 3 N–H and O–H groups in total. The predicted octanol–water partition coefficient (Wildman–Crippen LogP) is 4.93. The van der Waals surface area contributed by atoms with Crippen LogP contribution in [0.25, 0.3) is 0 Å². The lowest BCUT2D eigenvalue weighted by Gasteiger charge is -2.30. The number of urea groups is 1. The summed E-state index contributed by atoms with van der Waals surface area (Å²) in [6.07, 6.45) is 1.48. The number of benzene rings is 3. The maximum absolute atomic E-state index is 12.5. The zero-order valence-electron chi connectivity index (χ0n) is 18.0. The highest BCUT2D eigenvalue weighted by Crippen LogP contribution is 2.35. The van der Waals surface area contributed by atoms with Crippen molar-refractivity contribution < 1.29 is 14.3 Å². The first-order chi connectivity index (χ1) is 16.4. The lowest BCUT2D eigenvalue weighted by molar-refractivity contribution is -0.120. The van der Waals surface area contributed by atoms with Crippen LogP contribution in [-0.2, 0) is 4.79 Å². The van der Waals surface area contributed by atoms with Crippen molar-refractivity contribution in [3.05, 3.63) is 82.9 Å². The number of halogens is 1. The van der Waals surface area contributed by atoms with E-state index in [1.807, 2.05) is 31.2 Å². The highest BCUT2D eigenvalue weighted by Gasteiger charge is 2.29. The zero-order chi connectivity index (χ0) is 24.1. The number of ether oxygens (including phenoxy) is 1. The predicted molar refractivity (Wildman–Crippen MR) is 138 cm³/mol. The molecule has 3 amide bonds. The molecule has 0 aliphatic carbocycles. The van der Waals surface area contributed by atoms with Gasteiger partial charge in [-0.05, 0) is 61.1 Å². The van der Waals surface area contributed by atoms with Gasteiger partial charge in [-0.1, -0.05) is 41.4 Å². The molecule has 8 nitrogen and oxygen atoms in total. The van der Waals surface area contributed by atoms with Crippen LogP contribution < -0.4 is 25.7 Å². The third-order valence-corrected chi connectivity index (χ3v) is 5.31. The summed E-state index contributed by atoms with van der Waals surface area (Å²) < 4.78 is 5.56. The zero-order valence-corrected chi connectivity index (χ0v) is 19.6. The Kier molecular flexibility index (Phi) is 7.05. The number of rotatable bonds is 4. The smallest absolute Gasteiger partial charge is 0.339 e. The molecule has 0 fully saturated rings. The van der Waals surface area contributed by atoms with E-state index >= 15 is 0 Å². The quantitative estimate of drug-likeness (QED) is 0.272. The van der Waals surface area contributed by atoms with Gasteiger partial charge in [0.25, 0.3) is 5.91 Å². The molecule has 0 radical (unpaired) electrons. The molecule has 4 rings (SSSR count). The van der Waals surface area contributed by atoms with Gasteiger partial charge in [0.05, 0.1) is 11.9 Å². The Morgan fingerprint density at radius 1 is 1.09 bits per heavy atom. The lowest BCUT2D eigenvalue weighted by Crippen LogP contribution is -2.45. The van der Waals surface area contributed by atoms with Gasteiger partial charge in [0.2, 0.25) is 0 Å². The Balaban J connectivity index is 1.42. The SMILES string of the molecule is Cc1ccc(NC(=S)N2C(=O)COc3cc(NC(=O)N/N=C/c4cccc(Cl)c4)ccc32)cc1. The second-order valence-corrected chi connectivity index (χ2v) is 8.20. The number of carbonyl (C=O) groups excluding carboxylic acids is 2. The van der Waals surface area contributed by atoms with Crippen LogP contribution in [0.3, 0.4) is 0 Å². The average Bonchev–Trinajstić information content (AvgIpc) is 2.80. The van der Waals surface area contributed by atoms with Gasteiger partial charge in [0, 0.05) is 22.5 Å². The second kappa shape index (κ2) is 10.3. The van der Waals surface area contributed by atoms with Gasteiger partial charge in [-0.15, -0.1) is 0 Å². The van der Waals surface area contributed by atoms with Crippen LogP contribution >= 0.6 is 23.8 Å². The Labute approximate surface area is 206 Å². The fraction of sp³-hybridized carbons (Fsp3) is 0.0833. The van der Waals surface area contributed by atoms with Crippen molar-refractivity contribution in [1.29, 1.82) is 0 Å². The molecule has 3 aromatic carbocycles. The van der Waals surface area contributed by atoms with E-state index in [-0.39, 0.29) is 17.6 Å². The number of amides is 3. The first kappa shape index (κ1) is 23.2. The molecular formula is C24H20ClN5O3S. The Bertz CT molecular complexity index is 1280. The van der Waals surface area contributed by atoms with Gasteiger partial charge < -0.3 is 15.4 Å². The number of fused-ring (bicyclic) bond motifs is 1. The summed E-state index contributed by atoms with van der Waals surface area (Å²) in [6, 6.07) is 19.1. The molecule has 172 valence electrons. The van der Waals surface area contributed by atoms with Gasteiger partial charge in [-0.25, -0.2) is 10.2 Å². The summed E-state index contributed by atoms with van der Waals surface area (Å²) in [5, 5.41) is 10.4. The molecule has 0 spiro atoms. The summed E-state index contributed by atoms with van der Waals surface area (Å²) in [5.74, 6) is 0.110. The monoisotopic (exact) mass is 493 g/mol. The number of hydrogen-bond acceptors (Lipinski definition) is 5. The highest BCUT2D eigenvalue weighted by atomic mass is 35.5. The number of anilines is 3. The molecule has 1 aliphatic heterocycles. The van der Waals surface area contributed by atoms with Gasteiger partial charge >= 0.3 is 6.03 Å². The summed E-state index contributed by atoms with van der Waals surface area (Å²) in [4.78, 5) is 26.1. The minimum absolute atomic E-state index is 0.178. The molecule has 1 heterocycles. The van der Waals surface area contributed by atoms with Crippen LogP contribution in [0.1, 0.15) is 11.1 Å². The molecule has 0 aromatic heterocycles. The topological polar surface area (TPSA) is 95.1 Å². The normalized spacial score (nSPS) is 12.6. The Morgan fingerprint density at radius 2 is 1.85 bits per heavy atom. The molecule has 3 aromatic rings. The van der Waals surface area contributed by atoms with Crippen LogP contribution in [0.4, 0.5) is 21.9 Å². The van der Waals surface area contributed by atoms with E-state index in [0.717, 1.165) is 16.8 Å². The summed E-state index contributed by atoms with van der Waals surface area (Å²) >= 11 is 11.4. The van der Waals surface area contributed by atoms with E-state index in [4.69, 9.17) is 28.6 Å². The minimum Gasteiger partial charge on any atom is -0.481 e. The number of nitrogens with zero attached hydrogens (tertiary/aromatic N) is 2. The fourth-order valence-electron chi connectivity index (χ4n) is 3.18. The van der Waals surface area contributed by atoms with Crippen LogP contribution in [0.15, 0.2) is 71.8 Å². The molecule has 0 saturated heterocycles. The first-order valence-corrected chi connectivity index (χ1v) is 11.0. The summed E-state index contributed by atoms with van der Waals surface area (Å²) in [5.41, 5.74) is 5.95. The second-order valence-electron chi connectivity index (χ2n) is 7.38. The van der Waals surface area contributed by atoms with Crippen molar-refractivity contribution in [3.63, 3.8) is 0 Å². The van der Waals surface area contributed by atoms with Crippen LogP contribution in [-0.4, -0.2) is 29.9 Å². The average molecular weight is 494 g/mol.